The van der Waals surface area contributed by atoms with Gasteiger partial charge < -0.3 is 15.6 Å². The van der Waals surface area contributed by atoms with E-state index < -0.39 is 17.3 Å². The van der Waals surface area contributed by atoms with Crippen LogP contribution in [0.2, 0.25) is 0 Å². The largest absolute Gasteiger partial charge is 0.382 e. The molecule has 1 saturated heterocycles. The summed E-state index contributed by atoms with van der Waals surface area (Å²) in [6, 6.07) is 12.4. The van der Waals surface area contributed by atoms with Crippen LogP contribution in [-0.4, -0.2) is 52.1 Å². The van der Waals surface area contributed by atoms with Crippen molar-refractivity contribution >= 4 is 22.3 Å². The smallest absolute Gasteiger partial charge is 0.258 e. The van der Waals surface area contributed by atoms with Crippen LogP contribution in [-0.2, 0) is 0 Å². The maximum absolute atomic E-state index is 14.8. The van der Waals surface area contributed by atoms with Gasteiger partial charge in [0, 0.05) is 55.2 Å². The maximum Gasteiger partial charge on any atom is 0.258 e. The quantitative estimate of drug-likeness (QED) is 0.462. The molecule has 2 aromatic heterocycles. The summed E-state index contributed by atoms with van der Waals surface area (Å²) in [5.41, 5.74) is 7.52. The van der Waals surface area contributed by atoms with Crippen LogP contribution in [0.1, 0.15) is 13.8 Å². The number of piperazine rings is 1. The molecule has 0 amide bonds. The first-order valence-electron chi connectivity index (χ1n) is 11.6. The zero-order valence-electron chi connectivity index (χ0n) is 19.6. The van der Waals surface area contributed by atoms with Crippen LogP contribution in [0.15, 0.2) is 53.5 Å². The van der Waals surface area contributed by atoms with Gasteiger partial charge in [-0.1, -0.05) is 12.1 Å². The number of hydrogen-bond acceptors (Lipinski definition) is 6. The van der Waals surface area contributed by atoms with Gasteiger partial charge in [-0.05, 0) is 49.6 Å². The van der Waals surface area contributed by atoms with E-state index in [1.807, 2.05) is 12.1 Å². The molecule has 0 unspecified atom stereocenters. The van der Waals surface area contributed by atoms with E-state index in [-0.39, 0.29) is 22.6 Å². The highest BCUT2D eigenvalue weighted by atomic mass is 19.1. The average Bonchev–Trinajstić information content (AvgIpc) is 2.84. The molecule has 1 aliphatic rings. The Bertz CT molecular complexity index is 1440. The predicted octanol–water partition coefficient (Wildman–Crippen LogP) is 4.04. The minimum absolute atomic E-state index is 0.0248. The molecule has 0 atom stereocenters. The third kappa shape index (κ3) is 4.35. The van der Waals surface area contributed by atoms with Gasteiger partial charge in [-0.3, -0.25) is 9.69 Å². The molecule has 9 heteroatoms. The summed E-state index contributed by atoms with van der Waals surface area (Å²) in [5.74, 6) is -1.68. The molecule has 3 heterocycles. The lowest BCUT2D eigenvalue weighted by molar-refractivity contribution is 0.209. The van der Waals surface area contributed by atoms with Crippen molar-refractivity contribution in [2.24, 2.45) is 0 Å². The Morgan fingerprint density at radius 3 is 2.34 bits per heavy atom. The molecule has 0 bridgehead atoms. The molecule has 3 N–H and O–H groups in total. The van der Waals surface area contributed by atoms with Crippen LogP contribution < -0.4 is 16.2 Å². The van der Waals surface area contributed by atoms with Gasteiger partial charge in [0.2, 0.25) is 5.95 Å². The molecule has 180 valence electrons. The summed E-state index contributed by atoms with van der Waals surface area (Å²) in [7, 11) is 0. The zero-order chi connectivity index (χ0) is 24.7. The topological polar surface area (TPSA) is 91.1 Å². The lowest BCUT2D eigenvalue weighted by Gasteiger charge is -2.38. The van der Waals surface area contributed by atoms with Crippen LogP contribution in [0.4, 0.5) is 20.3 Å². The van der Waals surface area contributed by atoms with Crippen LogP contribution >= 0.6 is 0 Å². The predicted molar refractivity (Wildman–Crippen MR) is 134 cm³/mol. The minimum atomic E-state index is -0.803. The highest BCUT2D eigenvalue weighted by Crippen LogP contribution is 2.31. The van der Waals surface area contributed by atoms with E-state index in [4.69, 9.17) is 5.73 Å². The van der Waals surface area contributed by atoms with Crippen molar-refractivity contribution in [3.05, 3.63) is 70.8 Å². The number of rotatable bonds is 4. The van der Waals surface area contributed by atoms with Crippen LogP contribution in [0.3, 0.4) is 0 Å². The van der Waals surface area contributed by atoms with Gasteiger partial charge in [0.1, 0.15) is 17.2 Å². The molecular weight excluding hydrogens is 450 g/mol. The fraction of sp³-hybridized carbons (Fsp3) is 0.269. The second-order valence-electron chi connectivity index (χ2n) is 8.99. The van der Waals surface area contributed by atoms with Crippen molar-refractivity contribution in [2.75, 3.05) is 36.8 Å². The number of nitrogens with zero attached hydrogens (tertiary/aromatic N) is 4. The molecule has 0 saturated carbocycles. The number of nitrogens with two attached hydrogens (primary N) is 1. The van der Waals surface area contributed by atoms with Crippen molar-refractivity contribution in [3.8, 4) is 22.5 Å². The highest BCUT2D eigenvalue weighted by Gasteiger charge is 2.20. The molecule has 4 aromatic rings. The number of aromatic nitrogens is 3. The summed E-state index contributed by atoms with van der Waals surface area (Å²) < 4.78 is 29.5. The van der Waals surface area contributed by atoms with Crippen LogP contribution in [0.25, 0.3) is 33.3 Å². The van der Waals surface area contributed by atoms with Gasteiger partial charge in [-0.15, -0.1) is 0 Å². The molecule has 0 radical (unpaired) electrons. The van der Waals surface area contributed by atoms with Gasteiger partial charge in [-0.25, -0.2) is 9.37 Å². The van der Waals surface area contributed by atoms with E-state index in [0.29, 0.717) is 22.6 Å². The first-order chi connectivity index (χ1) is 16.8. The number of nitrogen functional groups attached to an aromatic ring is 1. The summed E-state index contributed by atoms with van der Waals surface area (Å²) in [4.78, 5) is 27.4. The molecule has 2 aromatic carbocycles. The Labute approximate surface area is 201 Å². The maximum atomic E-state index is 14.8. The summed E-state index contributed by atoms with van der Waals surface area (Å²) in [5, 5.41) is 0.327. The fourth-order valence-corrected chi connectivity index (χ4v) is 4.56. The molecular formula is C26H26F2N6O. The fourth-order valence-electron chi connectivity index (χ4n) is 4.56. The lowest BCUT2D eigenvalue weighted by Crippen LogP contribution is -2.48. The average molecular weight is 477 g/mol. The van der Waals surface area contributed by atoms with E-state index >= 15 is 0 Å². The van der Waals surface area contributed by atoms with Gasteiger partial charge in [-0.2, -0.15) is 9.37 Å². The first-order valence-corrected chi connectivity index (χ1v) is 11.6. The number of pyridine rings is 1. The summed E-state index contributed by atoms with van der Waals surface area (Å²) >= 11 is 0. The van der Waals surface area contributed by atoms with E-state index in [2.05, 4.69) is 38.6 Å². The van der Waals surface area contributed by atoms with E-state index in [1.54, 1.807) is 24.3 Å². The lowest BCUT2D eigenvalue weighted by atomic mass is 10.0. The SMILES string of the molecule is CC(C)N1CCN(c2ccc(-c3nc(-c4cc(F)c5c(=O)[nH]ccc5c4)c(N)nc3F)cc2)CC1. The number of H-pyrrole nitrogens is 1. The van der Waals surface area contributed by atoms with Crippen molar-refractivity contribution in [3.63, 3.8) is 0 Å². The molecule has 0 aliphatic carbocycles. The van der Waals surface area contributed by atoms with Gasteiger partial charge in [0.05, 0.1) is 5.39 Å². The van der Waals surface area contributed by atoms with Crippen LogP contribution in [0, 0.1) is 11.8 Å². The monoisotopic (exact) mass is 476 g/mol. The van der Waals surface area contributed by atoms with Crippen LogP contribution in [0.5, 0.6) is 0 Å². The second kappa shape index (κ2) is 9.07. The molecule has 35 heavy (non-hydrogen) atoms. The normalized spacial score (nSPS) is 14.7. The van der Waals surface area contributed by atoms with E-state index in [9.17, 15) is 13.6 Å². The number of benzene rings is 2. The third-order valence-corrected chi connectivity index (χ3v) is 6.53. The number of halogens is 2. The highest BCUT2D eigenvalue weighted by molar-refractivity contribution is 5.88. The molecule has 5 rings (SSSR count). The van der Waals surface area contributed by atoms with Crippen molar-refractivity contribution < 1.29 is 8.78 Å². The minimum Gasteiger partial charge on any atom is -0.382 e. The standard InChI is InChI=1S/C26H26F2N6O/c1-15(2)33-9-11-34(12-10-33)19-5-3-16(4-6-19)22-24(28)32-25(29)23(31-22)18-13-17-7-8-30-26(35)21(17)20(27)14-18/h3-8,13-15H,9-12H2,1-2H3,(H2,29,32)(H,30,35). The van der Waals surface area contributed by atoms with Gasteiger partial charge >= 0.3 is 0 Å². The molecule has 1 fully saturated rings. The van der Waals surface area contributed by atoms with Crippen molar-refractivity contribution in [1.82, 2.24) is 19.9 Å². The Kier molecular flexibility index (Phi) is 5.94. The van der Waals surface area contributed by atoms with Crippen molar-refractivity contribution in [2.45, 2.75) is 19.9 Å². The Hall–Kier alpha value is -3.85. The Morgan fingerprint density at radius 2 is 1.66 bits per heavy atom. The first kappa shape index (κ1) is 22.9. The summed E-state index contributed by atoms with van der Waals surface area (Å²) in [6.45, 7) is 8.24. The van der Waals surface area contributed by atoms with Crippen molar-refractivity contribution in [1.29, 1.82) is 0 Å². The number of aromatic amines is 1. The Balaban J connectivity index is 1.47. The van der Waals surface area contributed by atoms with Gasteiger partial charge in [0.25, 0.3) is 5.56 Å². The number of hydrogen-bond donors (Lipinski definition) is 2. The molecule has 7 nitrogen and oxygen atoms in total. The zero-order valence-corrected chi connectivity index (χ0v) is 19.6. The number of anilines is 2. The van der Waals surface area contributed by atoms with E-state index in [1.165, 1.54) is 12.3 Å². The molecule has 1 aliphatic heterocycles. The molecule has 0 spiro atoms. The number of nitrogens with one attached hydrogen (secondary N) is 1. The second-order valence-corrected chi connectivity index (χ2v) is 8.99. The number of fused-ring (bicyclic) bond motifs is 1. The Morgan fingerprint density at radius 1 is 0.943 bits per heavy atom. The van der Waals surface area contributed by atoms with Gasteiger partial charge in [0.15, 0.2) is 5.82 Å². The summed E-state index contributed by atoms with van der Waals surface area (Å²) in [6.07, 6.45) is 1.43. The third-order valence-electron chi connectivity index (χ3n) is 6.53. The van der Waals surface area contributed by atoms with E-state index in [0.717, 1.165) is 31.9 Å².